The lowest BCUT2D eigenvalue weighted by molar-refractivity contribution is 0.303. The standard InChI is InChI=1S/C27H27ClN2O/c1-18-9-12-26(28)25(13-18)20-6-4-5-19(14-20)17-31-23-10-11-24-21(15-23)16-30(27(24)29)22-7-2-3-8-22/h4-6,9-15,22,29H,2-3,7-8,16-17H2,1H3. The summed E-state index contributed by atoms with van der Waals surface area (Å²) in [6, 6.07) is 21.1. The van der Waals surface area contributed by atoms with Crippen LogP contribution < -0.4 is 4.74 Å². The van der Waals surface area contributed by atoms with Gasteiger partial charge in [0.25, 0.3) is 0 Å². The molecule has 2 aliphatic rings. The van der Waals surface area contributed by atoms with Crippen LogP contribution in [0.2, 0.25) is 5.02 Å². The number of hydrogen-bond acceptors (Lipinski definition) is 2. The molecule has 0 bridgehead atoms. The van der Waals surface area contributed by atoms with Gasteiger partial charge in [0.1, 0.15) is 18.2 Å². The molecule has 1 fully saturated rings. The fraction of sp³-hybridized carbons (Fsp3) is 0.296. The van der Waals surface area contributed by atoms with Gasteiger partial charge >= 0.3 is 0 Å². The molecule has 0 atom stereocenters. The van der Waals surface area contributed by atoms with Crippen LogP contribution in [-0.4, -0.2) is 16.8 Å². The van der Waals surface area contributed by atoms with E-state index in [0.29, 0.717) is 18.5 Å². The number of benzene rings is 3. The molecule has 1 heterocycles. The summed E-state index contributed by atoms with van der Waals surface area (Å²) in [5.41, 5.74) is 6.70. The highest BCUT2D eigenvalue weighted by Crippen LogP contribution is 2.34. The molecule has 0 amide bonds. The maximum absolute atomic E-state index is 8.57. The average Bonchev–Trinajstić information content (AvgIpc) is 3.42. The number of ether oxygens (including phenoxy) is 1. The molecule has 1 N–H and O–H groups in total. The minimum atomic E-state index is 0.500. The molecule has 0 aromatic heterocycles. The molecular formula is C27H27ClN2O. The normalized spacial score (nSPS) is 16.1. The molecular weight excluding hydrogens is 404 g/mol. The van der Waals surface area contributed by atoms with Gasteiger partial charge in [-0.05, 0) is 72.9 Å². The van der Waals surface area contributed by atoms with Crippen molar-refractivity contribution in [1.29, 1.82) is 5.41 Å². The average molecular weight is 431 g/mol. The molecule has 0 saturated heterocycles. The van der Waals surface area contributed by atoms with E-state index >= 15 is 0 Å². The van der Waals surface area contributed by atoms with Crippen LogP contribution in [0.4, 0.5) is 0 Å². The van der Waals surface area contributed by atoms with Crippen molar-refractivity contribution in [2.45, 2.75) is 51.8 Å². The number of nitrogens with zero attached hydrogens (tertiary/aromatic N) is 1. The highest BCUT2D eigenvalue weighted by atomic mass is 35.5. The zero-order valence-electron chi connectivity index (χ0n) is 17.8. The summed E-state index contributed by atoms with van der Waals surface area (Å²) in [6.45, 7) is 3.41. The van der Waals surface area contributed by atoms with Gasteiger partial charge < -0.3 is 9.64 Å². The second-order valence-electron chi connectivity index (χ2n) is 8.71. The van der Waals surface area contributed by atoms with Crippen LogP contribution in [0.25, 0.3) is 11.1 Å². The number of aryl methyl sites for hydroxylation is 1. The van der Waals surface area contributed by atoms with E-state index in [9.17, 15) is 0 Å². The zero-order chi connectivity index (χ0) is 21.4. The Hall–Kier alpha value is -2.78. The highest BCUT2D eigenvalue weighted by Gasteiger charge is 2.31. The number of amidine groups is 1. The second kappa shape index (κ2) is 8.39. The molecule has 158 valence electrons. The molecule has 31 heavy (non-hydrogen) atoms. The monoisotopic (exact) mass is 430 g/mol. The molecule has 0 unspecified atom stereocenters. The summed E-state index contributed by atoms with van der Waals surface area (Å²) in [6.07, 6.45) is 4.99. The van der Waals surface area contributed by atoms with Crippen molar-refractivity contribution in [3.05, 3.63) is 87.9 Å². The summed E-state index contributed by atoms with van der Waals surface area (Å²) in [4.78, 5) is 2.27. The van der Waals surface area contributed by atoms with E-state index in [1.165, 1.54) is 36.8 Å². The van der Waals surface area contributed by atoms with Crippen molar-refractivity contribution in [2.24, 2.45) is 0 Å². The lowest BCUT2D eigenvalue weighted by atomic mass is 10.0. The first-order chi connectivity index (χ1) is 15.1. The number of rotatable bonds is 5. The van der Waals surface area contributed by atoms with Crippen molar-refractivity contribution >= 4 is 17.4 Å². The van der Waals surface area contributed by atoms with E-state index in [2.05, 4.69) is 48.2 Å². The fourth-order valence-corrected chi connectivity index (χ4v) is 5.05. The lowest BCUT2D eigenvalue weighted by Gasteiger charge is -2.25. The molecule has 0 spiro atoms. The number of nitrogens with one attached hydrogen (secondary N) is 1. The number of hydrogen-bond donors (Lipinski definition) is 1. The first-order valence-electron chi connectivity index (χ1n) is 11.1. The van der Waals surface area contributed by atoms with Gasteiger partial charge in [-0.2, -0.15) is 0 Å². The summed E-state index contributed by atoms with van der Waals surface area (Å²) >= 11 is 6.43. The predicted molar refractivity (Wildman–Crippen MR) is 127 cm³/mol. The molecule has 4 heteroatoms. The molecule has 3 nitrogen and oxygen atoms in total. The van der Waals surface area contributed by atoms with E-state index in [1.54, 1.807) is 0 Å². The summed E-state index contributed by atoms with van der Waals surface area (Å²) in [7, 11) is 0. The smallest absolute Gasteiger partial charge is 0.128 e. The Morgan fingerprint density at radius 1 is 1.00 bits per heavy atom. The Morgan fingerprint density at radius 3 is 2.68 bits per heavy atom. The maximum Gasteiger partial charge on any atom is 0.128 e. The predicted octanol–water partition coefficient (Wildman–Crippen LogP) is 6.98. The van der Waals surface area contributed by atoms with Crippen LogP contribution in [-0.2, 0) is 13.2 Å². The van der Waals surface area contributed by atoms with Gasteiger partial charge in [0.15, 0.2) is 0 Å². The van der Waals surface area contributed by atoms with Gasteiger partial charge in [0.05, 0.1) is 0 Å². The Kier molecular flexibility index (Phi) is 5.45. The van der Waals surface area contributed by atoms with Crippen molar-refractivity contribution in [2.75, 3.05) is 0 Å². The molecule has 3 aromatic rings. The summed E-state index contributed by atoms with van der Waals surface area (Å²) in [5.74, 6) is 1.54. The Bertz CT molecular complexity index is 1130. The molecule has 1 saturated carbocycles. The second-order valence-corrected chi connectivity index (χ2v) is 9.11. The number of halogens is 1. The third kappa shape index (κ3) is 4.07. The Labute approximate surface area is 189 Å². The van der Waals surface area contributed by atoms with E-state index < -0.39 is 0 Å². The van der Waals surface area contributed by atoms with Crippen molar-refractivity contribution in [3.63, 3.8) is 0 Å². The zero-order valence-corrected chi connectivity index (χ0v) is 18.6. The van der Waals surface area contributed by atoms with E-state index in [4.69, 9.17) is 21.7 Å². The van der Waals surface area contributed by atoms with Gasteiger partial charge in [-0.15, -0.1) is 0 Å². The molecule has 5 rings (SSSR count). The van der Waals surface area contributed by atoms with E-state index in [-0.39, 0.29) is 0 Å². The van der Waals surface area contributed by atoms with Crippen molar-refractivity contribution in [1.82, 2.24) is 4.90 Å². The van der Waals surface area contributed by atoms with Gasteiger partial charge in [0.2, 0.25) is 0 Å². The van der Waals surface area contributed by atoms with Gasteiger partial charge in [0, 0.05) is 28.7 Å². The van der Waals surface area contributed by atoms with Crippen LogP contribution in [0.3, 0.4) is 0 Å². The van der Waals surface area contributed by atoms with Crippen LogP contribution in [0.1, 0.15) is 47.9 Å². The summed E-state index contributed by atoms with van der Waals surface area (Å²) < 4.78 is 6.14. The third-order valence-electron chi connectivity index (χ3n) is 6.49. The number of fused-ring (bicyclic) bond motifs is 1. The minimum absolute atomic E-state index is 0.500. The van der Waals surface area contributed by atoms with Crippen LogP contribution in [0, 0.1) is 12.3 Å². The van der Waals surface area contributed by atoms with Gasteiger partial charge in [-0.1, -0.05) is 54.3 Å². The molecule has 3 aromatic carbocycles. The largest absolute Gasteiger partial charge is 0.489 e. The van der Waals surface area contributed by atoms with E-state index in [1.807, 2.05) is 24.3 Å². The topological polar surface area (TPSA) is 36.3 Å². The highest BCUT2D eigenvalue weighted by molar-refractivity contribution is 6.33. The third-order valence-corrected chi connectivity index (χ3v) is 6.82. The summed E-state index contributed by atoms with van der Waals surface area (Å²) in [5, 5.41) is 9.33. The molecule has 1 aliphatic heterocycles. The molecule has 1 aliphatic carbocycles. The molecule has 0 radical (unpaired) electrons. The van der Waals surface area contributed by atoms with Gasteiger partial charge in [-0.25, -0.2) is 0 Å². The SMILES string of the molecule is Cc1ccc(Cl)c(-c2cccc(COc3ccc4c(c3)CN(C3CCCC3)C4=N)c2)c1. The van der Waals surface area contributed by atoms with Crippen LogP contribution >= 0.6 is 11.6 Å². The fourth-order valence-electron chi connectivity index (χ4n) is 4.82. The Morgan fingerprint density at radius 2 is 1.84 bits per heavy atom. The van der Waals surface area contributed by atoms with Gasteiger partial charge in [-0.3, -0.25) is 5.41 Å². The quantitative estimate of drug-likeness (QED) is 0.474. The van der Waals surface area contributed by atoms with Crippen LogP contribution in [0.15, 0.2) is 60.7 Å². The van der Waals surface area contributed by atoms with Crippen molar-refractivity contribution in [3.8, 4) is 16.9 Å². The first-order valence-corrected chi connectivity index (χ1v) is 11.4. The lowest BCUT2D eigenvalue weighted by Crippen LogP contribution is -2.33. The van der Waals surface area contributed by atoms with E-state index in [0.717, 1.165) is 39.6 Å². The Balaban J connectivity index is 1.30. The first kappa shape index (κ1) is 20.1. The maximum atomic E-state index is 8.57. The van der Waals surface area contributed by atoms with Crippen molar-refractivity contribution < 1.29 is 4.74 Å². The van der Waals surface area contributed by atoms with Crippen LogP contribution in [0.5, 0.6) is 5.75 Å². The minimum Gasteiger partial charge on any atom is -0.489 e.